The van der Waals surface area contributed by atoms with E-state index in [4.69, 9.17) is 0 Å². The molecule has 0 saturated heterocycles. The highest BCUT2D eigenvalue weighted by atomic mass is 32.2. The Hall–Kier alpha value is -0.970. The minimum absolute atomic E-state index is 0.644. The zero-order valence-electron chi connectivity index (χ0n) is 13.5. The van der Waals surface area contributed by atoms with Crippen molar-refractivity contribution in [1.29, 1.82) is 0 Å². The molecule has 0 saturated carbocycles. The molecule has 0 aliphatic rings. The molecule has 1 rings (SSSR count). The lowest BCUT2D eigenvalue weighted by Crippen LogP contribution is -2.25. The van der Waals surface area contributed by atoms with E-state index in [1.165, 1.54) is 0 Å². The molecule has 20 heavy (non-hydrogen) atoms. The maximum Gasteiger partial charge on any atom is 0.191 e. The minimum Gasteiger partial charge on any atom is -0.370 e. The summed E-state index contributed by atoms with van der Waals surface area (Å²) in [6.07, 6.45) is 2.00. The summed E-state index contributed by atoms with van der Waals surface area (Å²) in [7, 11) is 0. The average molecular weight is 296 g/mol. The number of thioether (sulfide) groups is 1. The fourth-order valence-electron chi connectivity index (χ4n) is 2.34. The van der Waals surface area contributed by atoms with Crippen LogP contribution >= 0.6 is 11.8 Å². The first kappa shape index (κ1) is 17.1. The second-order valence-electron chi connectivity index (χ2n) is 5.69. The fourth-order valence-corrected chi connectivity index (χ4v) is 2.72. The van der Waals surface area contributed by atoms with Crippen LogP contribution < -0.4 is 10.6 Å². The van der Waals surface area contributed by atoms with Crippen LogP contribution in [0.15, 0.2) is 11.2 Å². The first-order valence-electron chi connectivity index (χ1n) is 7.38. The van der Waals surface area contributed by atoms with Crippen LogP contribution in [0.3, 0.4) is 0 Å². The van der Waals surface area contributed by atoms with Crippen LogP contribution in [0.25, 0.3) is 0 Å². The summed E-state index contributed by atoms with van der Waals surface area (Å²) < 4.78 is 0. The molecule has 0 bridgehead atoms. The lowest BCUT2D eigenvalue weighted by molar-refractivity contribution is 0.304. The van der Waals surface area contributed by atoms with Gasteiger partial charge in [0.05, 0.1) is 0 Å². The maximum atomic E-state index is 4.53. The van der Waals surface area contributed by atoms with Gasteiger partial charge < -0.3 is 10.6 Å². The van der Waals surface area contributed by atoms with Crippen LogP contribution in [-0.4, -0.2) is 29.3 Å². The number of aromatic nitrogens is 2. The molecule has 0 atom stereocenters. The van der Waals surface area contributed by atoms with Crippen LogP contribution in [0, 0.1) is 17.8 Å². The van der Waals surface area contributed by atoms with Crippen molar-refractivity contribution in [2.75, 3.05) is 30.0 Å². The second-order valence-corrected chi connectivity index (χ2v) is 6.46. The van der Waals surface area contributed by atoms with Gasteiger partial charge in [-0.05, 0) is 30.9 Å². The number of hydrogen-bond acceptors (Lipinski definition) is 5. The van der Waals surface area contributed by atoms with Crippen LogP contribution in [0.4, 0.5) is 11.6 Å². The highest BCUT2D eigenvalue weighted by molar-refractivity contribution is 7.98. The van der Waals surface area contributed by atoms with Gasteiger partial charge in [0.15, 0.2) is 5.16 Å². The Morgan fingerprint density at radius 3 is 2.05 bits per heavy atom. The van der Waals surface area contributed by atoms with Gasteiger partial charge in [-0.25, -0.2) is 9.97 Å². The third kappa shape index (κ3) is 5.19. The summed E-state index contributed by atoms with van der Waals surface area (Å²) in [5.74, 6) is 3.77. The molecule has 0 aliphatic heterocycles. The standard InChI is InChI=1S/C15H28N4S/c1-7-16-13-8-14(19-15(18-13)20-6)17-9-12(10(2)3)11(4)5/h8,10-12H,7,9H2,1-6H3,(H2,16,17,18,19). The quantitative estimate of drug-likeness (QED) is 0.561. The molecule has 0 aliphatic carbocycles. The lowest BCUT2D eigenvalue weighted by Gasteiger charge is -2.25. The third-order valence-corrected chi connectivity index (χ3v) is 4.03. The first-order valence-corrected chi connectivity index (χ1v) is 8.61. The van der Waals surface area contributed by atoms with Crippen LogP contribution in [0.1, 0.15) is 34.6 Å². The number of rotatable bonds is 8. The van der Waals surface area contributed by atoms with Crippen molar-refractivity contribution in [3.8, 4) is 0 Å². The molecule has 1 aromatic heterocycles. The van der Waals surface area contributed by atoms with Crippen LogP contribution in [0.2, 0.25) is 0 Å². The number of nitrogens with zero attached hydrogens (tertiary/aromatic N) is 2. The molecule has 0 radical (unpaired) electrons. The number of anilines is 2. The zero-order chi connectivity index (χ0) is 15.1. The molecule has 0 spiro atoms. The Bertz CT molecular complexity index is 399. The highest BCUT2D eigenvalue weighted by Crippen LogP contribution is 2.22. The summed E-state index contributed by atoms with van der Waals surface area (Å²) in [5, 5.41) is 7.53. The Kier molecular flexibility index (Phi) is 7.13. The zero-order valence-corrected chi connectivity index (χ0v) is 14.3. The number of hydrogen-bond donors (Lipinski definition) is 2. The predicted octanol–water partition coefficient (Wildman–Crippen LogP) is 3.97. The van der Waals surface area contributed by atoms with Crippen molar-refractivity contribution in [2.45, 2.75) is 39.8 Å². The molecular weight excluding hydrogens is 268 g/mol. The molecule has 4 nitrogen and oxygen atoms in total. The summed E-state index contributed by atoms with van der Waals surface area (Å²) in [6.45, 7) is 13.0. The molecule has 2 N–H and O–H groups in total. The van der Waals surface area contributed by atoms with Gasteiger partial charge in [0.25, 0.3) is 0 Å². The van der Waals surface area contributed by atoms with Gasteiger partial charge in [0, 0.05) is 19.2 Å². The minimum atomic E-state index is 0.644. The average Bonchev–Trinajstić information content (AvgIpc) is 2.38. The van der Waals surface area contributed by atoms with Gasteiger partial charge in [-0.3, -0.25) is 0 Å². The largest absolute Gasteiger partial charge is 0.370 e. The molecule has 0 fully saturated rings. The third-order valence-electron chi connectivity index (χ3n) is 3.48. The van der Waals surface area contributed by atoms with Gasteiger partial charge in [-0.1, -0.05) is 39.5 Å². The Morgan fingerprint density at radius 1 is 1.05 bits per heavy atom. The number of nitrogens with one attached hydrogen (secondary N) is 2. The van der Waals surface area contributed by atoms with Gasteiger partial charge in [0.2, 0.25) is 0 Å². The van der Waals surface area contributed by atoms with Crippen molar-refractivity contribution in [3.05, 3.63) is 6.07 Å². The fraction of sp³-hybridized carbons (Fsp3) is 0.733. The molecule has 0 aromatic carbocycles. The van der Waals surface area contributed by atoms with E-state index in [1.807, 2.05) is 12.3 Å². The van der Waals surface area contributed by atoms with Crippen molar-refractivity contribution >= 4 is 23.4 Å². The van der Waals surface area contributed by atoms with E-state index in [2.05, 4.69) is 55.2 Å². The monoisotopic (exact) mass is 296 g/mol. The predicted molar refractivity (Wildman–Crippen MR) is 89.6 cm³/mol. The molecule has 114 valence electrons. The SMILES string of the molecule is CCNc1cc(NCC(C(C)C)C(C)C)nc(SC)n1. The summed E-state index contributed by atoms with van der Waals surface area (Å²) in [5.41, 5.74) is 0. The molecular formula is C15H28N4S. The summed E-state index contributed by atoms with van der Waals surface area (Å²) in [6, 6.07) is 1.99. The van der Waals surface area contributed by atoms with E-state index in [9.17, 15) is 0 Å². The summed E-state index contributed by atoms with van der Waals surface area (Å²) in [4.78, 5) is 8.97. The molecule has 0 amide bonds. The normalized spacial score (nSPS) is 11.4. The van der Waals surface area contributed by atoms with Gasteiger partial charge >= 0.3 is 0 Å². The molecule has 1 heterocycles. The Balaban J connectivity index is 2.77. The van der Waals surface area contributed by atoms with Gasteiger partial charge in [-0.15, -0.1) is 0 Å². The van der Waals surface area contributed by atoms with E-state index in [0.717, 1.165) is 29.9 Å². The van der Waals surface area contributed by atoms with E-state index in [-0.39, 0.29) is 0 Å². The van der Waals surface area contributed by atoms with Crippen LogP contribution in [0.5, 0.6) is 0 Å². The molecule has 5 heteroatoms. The van der Waals surface area contributed by atoms with Crippen molar-refractivity contribution in [2.24, 2.45) is 17.8 Å². The van der Waals surface area contributed by atoms with E-state index >= 15 is 0 Å². The van der Waals surface area contributed by atoms with E-state index in [1.54, 1.807) is 11.8 Å². The lowest BCUT2D eigenvalue weighted by atomic mass is 9.85. The van der Waals surface area contributed by atoms with Gasteiger partial charge in [0.1, 0.15) is 11.6 Å². The van der Waals surface area contributed by atoms with E-state index in [0.29, 0.717) is 17.8 Å². The van der Waals surface area contributed by atoms with Crippen LogP contribution in [-0.2, 0) is 0 Å². The highest BCUT2D eigenvalue weighted by Gasteiger charge is 2.17. The van der Waals surface area contributed by atoms with Crippen molar-refractivity contribution in [3.63, 3.8) is 0 Å². The second kappa shape index (κ2) is 8.35. The first-order chi connectivity index (χ1) is 9.47. The van der Waals surface area contributed by atoms with Crippen molar-refractivity contribution in [1.82, 2.24) is 9.97 Å². The van der Waals surface area contributed by atoms with E-state index < -0.39 is 0 Å². The van der Waals surface area contributed by atoms with Crippen molar-refractivity contribution < 1.29 is 0 Å². The topological polar surface area (TPSA) is 49.8 Å². The Morgan fingerprint density at radius 2 is 1.60 bits per heavy atom. The molecule has 1 aromatic rings. The maximum absolute atomic E-state index is 4.53. The van der Waals surface area contributed by atoms with Gasteiger partial charge in [-0.2, -0.15) is 0 Å². The summed E-state index contributed by atoms with van der Waals surface area (Å²) >= 11 is 1.57. The smallest absolute Gasteiger partial charge is 0.191 e. The molecule has 0 unspecified atom stereocenters. The Labute approximate surface area is 127 Å².